The first kappa shape index (κ1) is 17.3. The molecule has 22 heavy (non-hydrogen) atoms. The Morgan fingerprint density at radius 3 is 2.14 bits per heavy atom. The van der Waals surface area contributed by atoms with Gasteiger partial charge in [0.25, 0.3) is 0 Å². The molecule has 2 amide bonds. The number of nitrogens with one attached hydrogen (secondary N) is 2. The van der Waals surface area contributed by atoms with Crippen molar-refractivity contribution in [3.8, 4) is 11.5 Å². The van der Waals surface area contributed by atoms with E-state index < -0.39 is 12.1 Å². The SMILES string of the molecule is COC(=O)Oc1cc(NC(C)=O)c(O)c(NC(=O)C(C)C)c1. The van der Waals surface area contributed by atoms with E-state index in [1.54, 1.807) is 13.8 Å². The van der Waals surface area contributed by atoms with Crippen LogP contribution in [0.25, 0.3) is 0 Å². The number of hydrogen-bond acceptors (Lipinski definition) is 6. The first-order valence-corrected chi connectivity index (χ1v) is 6.45. The molecule has 1 aromatic carbocycles. The first-order chi connectivity index (χ1) is 10.2. The highest BCUT2D eigenvalue weighted by atomic mass is 16.7. The quantitative estimate of drug-likeness (QED) is 0.446. The van der Waals surface area contributed by atoms with Gasteiger partial charge in [0.05, 0.1) is 18.5 Å². The van der Waals surface area contributed by atoms with Crippen LogP contribution in [0.2, 0.25) is 0 Å². The van der Waals surface area contributed by atoms with Gasteiger partial charge in [0.1, 0.15) is 5.75 Å². The fraction of sp³-hybridized carbons (Fsp3) is 0.357. The van der Waals surface area contributed by atoms with Crippen LogP contribution in [0.4, 0.5) is 16.2 Å². The van der Waals surface area contributed by atoms with Gasteiger partial charge in [-0.15, -0.1) is 0 Å². The minimum absolute atomic E-state index is 0.00357. The summed E-state index contributed by atoms with van der Waals surface area (Å²) in [6.45, 7) is 4.60. The lowest BCUT2D eigenvalue weighted by atomic mass is 10.2. The molecule has 0 aliphatic rings. The Balaban J connectivity index is 3.21. The van der Waals surface area contributed by atoms with E-state index in [-0.39, 0.29) is 34.7 Å². The molecular weight excluding hydrogens is 292 g/mol. The molecule has 8 nitrogen and oxygen atoms in total. The summed E-state index contributed by atoms with van der Waals surface area (Å²) in [4.78, 5) is 34.1. The number of carbonyl (C=O) groups is 3. The number of aromatic hydroxyl groups is 1. The lowest BCUT2D eigenvalue weighted by Crippen LogP contribution is -2.18. The zero-order valence-corrected chi connectivity index (χ0v) is 12.7. The average Bonchev–Trinajstić information content (AvgIpc) is 2.42. The van der Waals surface area contributed by atoms with Gasteiger partial charge in [-0.05, 0) is 0 Å². The number of hydrogen-bond donors (Lipinski definition) is 3. The smallest absolute Gasteiger partial charge is 0.504 e. The van der Waals surface area contributed by atoms with E-state index in [1.807, 2.05) is 0 Å². The molecule has 0 heterocycles. The summed E-state index contributed by atoms with van der Waals surface area (Å²) in [6, 6.07) is 2.48. The number of rotatable bonds is 4. The summed E-state index contributed by atoms with van der Waals surface area (Å²) in [5, 5.41) is 14.9. The van der Waals surface area contributed by atoms with Gasteiger partial charge >= 0.3 is 6.16 Å². The minimum atomic E-state index is -0.972. The van der Waals surface area contributed by atoms with Gasteiger partial charge in [0.2, 0.25) is 11.8 Å². The average molecular weight is 310 g/mol. The fourth-order valence-electron chi connectivity index (χ4n) is 1.46. The van der Waals surface area contributed by atoms with Gasteiger partial charge in [0.15, 0.2) is 5.75 Å². The van der Waals surface area contributed by atoms with E-state index in [9.17, 15) is 19.5 Å². The Kier molecular flexibility index (Phi) is 5.73. The van der Waals surface area contributed by atoms with Crippen LogP contribution in [0.1, 0.15) is 20.8 Å². The number of carbonyl (C=O) groups excluding carboxylic acids is 3. The predicted molar refractivity (Wildman–Crippen MR) is 78.9 cm³/mol. The summed E-state index contributed by atoms with van der Waals surface area (Å²) in [5.74, 6) is -1.46. The molecule has 0 spiro atoms. The van der Waals surface area contributed by atoms with E-state index in [0.29, 0.717) is 0 Å². The third-order valence-electron chi connectivity index (χ3n) is 2.54. The second-order valence-corrected chi connectivity index (χ2v) is 4.75. The van der Waals surface area contributed by atoms with Crippen LogP contribution in [-0.4, -0.2) is 30.2 Å². The number of methoxy groups -OCH3 is 1. The maximum atomic E-state index is 11.7. The van der Waals surface area contributed by atoms with Crippen LogP contribution in [0.15, 0.2) is 12.1 Å². The highest BCUT2D eigenvalue weighted by Crippen LogP contribution is 2.37. The Bertz CT molecular complexity index is 597. The highest BCUT2D eigenvalue weighted by Gasteiger charge is 2.17. The number of amides is 2. The summed E-state index contributed by atoms with van der Waals surface area (Å²) < 4.78 is 9.21. The van der Waals surface area contributed by atoms with Crippen molar-refractivity contribution in [2.45, 2.75) is 20.8 Å². The Morgan fingerprint density at radius 1 is 1.14 bits per heavy atom. The molecule has 0 bridgehead atoms. The van der Waals surface area contributed by atoms with E-state index in [1.165, 1.54) is 19.1 Å². The molecule has 120 valence electrons. The summed E-state index contributed by atoms with van der Waals surface area (Å²) in [6.07, 6.45) is -0.972. The molecular formula is C14H18N2O6. The normalized spacial score (nSPS) is 10.0. The second-order valence-electron chi connectivity index (χ2n) is 4.75. The Morgan fingerprint density at radius 2 is 1.68 bits per heavy atom. The van der Waals surface area contributed by atoms with Gasteiger partial charge in [-0.2, -0.15) is 0 Å². The first-order valence-electron chi connectivity index (χ1n) is 6.45. The van der Waals surface area contributed by atoms with E-state index >= 15 is 0 Å². The third-order valence-corrected chi connectivity index (χ3v) is 2.54. The van der Waals surface area contributed by atoms with Crippen LogP contribution in [0, 0.1) is 5.92 Å². The number of benzene rings is 1. The van der Waals surface area contributed by atoms with Crippen molar-refractivity contribution in [1.82, 2.24) is 0 Å². The van der Waals surface area contributed by atoms with Crippen molar-refractivity contribution in [2.24, 2.45) is 5.92 Å². The molecule has 0 aromatic heterocycles. The monoisotopic (exact) mass is 310 g/mol. The number of ether oxygens (including phenoxy) is 2. The lowest BCUT2D eigenvalue weighted by Gasteiger charge is -2.14. The largest absolute Gasteiger partial charge is 0.513 e. The third kappa shape index (κ3) is 4.65. The molecule has 0 saturated carbocycles. The van der Waals surface area contributed by atoms with Crippen LogP contribution in [-0.2, 0) is 14.3 Å². The Hall–Kier alpha value is -2.77. The van der Waals surface area contributed by atoms with Crippen molar-refractivity contribution in [1.29, 1.82) is 0 Å². The molecule has 0 saturated heterocycles. The number of anilines is 2. The predicted octanol–water partition coefficient (Wildman–Crippen LogP) is 2.09. The van der Waals surface area contributed by atoms with Crippen LogP contribution < -0.4 is 15.4 Å². The van der Waals surface area contributed by atoms with Gasteiger partial charge in [-0.25, -0.2) is 4.79 Å². The molecule has 0 radical (unpaired) electrons. The molecule has 0 unspecified atom stereocenters. The van der Waals surface area contributed by atoms with Gasteiger partial charge in [-0.1, -0.05) is 13.8 Å². The molecule has 1 rings (SSSR count). The zero-order chi connectivity index (χ0) is 16.9. The topological polar surface area (TPSA) is 114 Å². The number of phenolic OH excluding ortho intramolecular Hbond substituents is 1. The molecule has 8 heteroatoms. The van der Waals surface area contributed by atoms with Crippen LogP contribution in [0.5, 0.6) is 11.5 Å². The molecule has 0 atom stereocenters. The molecule has 3 N–H and O–H groups in total. The van der Waals surface area contributed by atoms with Gasteiger partial charge in [0, 0.05) is 25.0 Å². The lowest BCUT2D eigenvalue weighted by molar-refractivity contribution is -0.119. The van der Waals surface area contributed by atoms with Crippen LogP contribution >= 0.6 is 0 Å². The molecule has 0 aliphatic carbocycles. The standard InChI is InChI=1S/C14H18N2O6/c1-7(2)13(19)16-11-6-9(22-14(20)21-4)5-10(12(11)18)15-8(3)17/h5-7,18H,1-4H3,(H,15,17)(H,16,19). The maximum Gasteiger partial charge on any atom is 0.513 e. The van der Waals surface area contributed by atoms with Crippen molar-refractivity contribution in [3.63, 3.8) is 0 Å². The maximum absolute atomic E-state index is 11.7. The van der Waals surface area contributed by atoms with Crippen LogP contribution in [0.3, 0.4) is 0 Å². The molecule has 0 fully saturated rings. The summed E-state index contributed by atoms with van der Waals surface area (Å²) in [5.41, 5.74) is -0.00295. The van der Waals surface area contributed by atoms with Crippen molar-refractivity contribution in [3.05, 3.63) is 12.1 Å². The van der Waals surface area contributed by atoms with Gasteiger partial charge in [-0.3, -0.25) is 9.59 Å². The summed E-state index contributed by atoms with van der Waals surface area (Å²) in [7, 11) is 1.14. The summed E-state index contributed by atoms with van der Waals surface area (Å²) >= 11 is 0. The van der Waals surface area contributed by atoms with Crippen molar-refractivity contribution in [2.75, 3.05) is 17.7 Å². The van der Waals surface area contributed by atoms with Gasteiger partial charge < -0.3 is 25.2 Å². The highest BCUT2D eigenvalue weighted by molar-refractivity contribution is 5.98. The van der Waals surface area contributed by atoms with E-state index in [0.717, 1.165) is 7.11 Å². The fourth-order valence-corrected chi connectivity index (χ4v) is 1.46. The molecule has 1 aromatic rings. The minimum Gasteiger partial charge on any atom is -0.504 e. The molecule has 0 aliphatic heterocycles. The Labute approximate surface area is 127 Å². The van der Waals surface area contributed by atoms with E-state index in [4.69, 9.17) is 4.74 Å². The second kappa shape index (κ2) is 7.30. The number of phenols is 1. The van der Waals surface area contributed by atoms with Crippen molar-refractivity contribution < 1.29 is 29.0 Å². The zero-order valence-electron chi connectivity index (χ0n) is 12.7. The van der Waals surface area contributed by atoms with Crippen molar-refractivity contribution >= 4 is 29.3 Å². The van der Waals surface area contributed by atoms with E-state index in [2.05, 4.69) is 15.4 Å².